The summed E-state index contributed by atoms with van der Waals surface area (Å²) >= 11 is 0. The smallest absolute Gasteiger partial charge is 0.321 e. The largest absolute Gasteiger partial charge is 0.457 e. The highest BCUT2D eigenvalue weighted by Crippen LogP contribution is 2.25. The third-order valence-corrected chi connectivity index (χ3v) is 4.00. The second-order valence-corrected chi connectivity index (χ2v) is 6.00. The summed E-state index contributed by atoms with van der Waals surface area (Å²) in [5.41, 5.74) is 1.47. The van der Waals surface area contributed by atoms with Gasteiger partial charge >= 0.3 is 6.03 Å². The molecule has 0 heterocycles. The number of nitrogens with one attached hydrogen (secondary N) is 3. The number of ether oxygens (including phenoxy) is 1. The van der Waals surface area contributed by atoms with Crippen molar-refractivity contribution in [2.24, 2.45) is 0 Å². The van der Waals surface area contributed by atoms with Gasteiger partial charge in [-0.25, -0.2) is 4.79 Å². The summed E-state index contributed by atoms with van der Waals surface area (Å²) in [6.07, 6.45) is 0. The maximum Gasteiger partial charge on any atom is 0.321 e. The SMILES string of the molecule is CNC(=O)NC(=O)[C@@H](Nc1ccc(Oc2ccccc2)cc1)c1ccccc1. The van der Waals surface area contributed by atoms with Crippen LogP contribution in [0.2, 0.25) is 0 Å². The number of benzene rings is 3. The molecule has 0 saturated carbocycles. The van der Waals surface area contributed by atoms with E-state index in [2.05, 4.69) is 16.0 Å². The molecule has 0 bridgehead atoms. The van der Waals surface area contributed by atoms with E-state index < -0.39 is 18.0 Å². The number of amides is 3. The first kappa shape index (κ1) is 19.0. The van der Waals surface area contributed by atoms with Gasteiger partial charge in [0, 0.05) is 12.7 Å². The van der Waals surface area contributed by atoms with Gasteiger partial charge in [-0.1, -0.05) is 48.5 Å². The van der Waals surface area contributed by atoms with Crippen LogP contribution < -0.4 is 20.7 Å². The molecule has 0 aromatic heterocycles. The summed E-state index contributed by atoms with van der Waals surface area (Å²) in [4.78, 5) is 24.1. The molecule has 0 aliphatic rings. The fourth-order valence-electron chi connectivity index (χ4n) is 2.60. The first-order chi connectivity index (χ1) is 13.7. The number of imide groups is 1. The summed E-state index contributed by atoms with van der Waals surface area (Å²) in [5, 5.41) is 7.87. The summed E-state index contributed by atoms with van der Waals surface area (Å²) in [7, 11) is 1.46. The first-order valence-corrected chi connectivity index (χ1v) is 8.83. The minimum absolute atomic E-state index is 0.449. The van der Waals surface area contributed by atoms with E-state index >= 15 is 0 Å². The Balaban J connectivity index is 1.75. The molecule has 3 N–H and O–H groups in total. The molecule has 6 nitrogen and oxygen atoms in total. The Morgan fingerprint density at radius 2 is 1.36 bits per heavy atom. The lowest BCUT2D eigenvalue weighted by molar-refractivity contribution is -0.120. The summed E-state index contributed by atoms with van der Waals surface area (Å²) in [6.45, 7) is 0. The van der Waals surface area contributed by atoms with Crippen LogP contribution in [0, 0.1) is 0 Å². The van der Waals surface area contributed by atoms with Gasteiger partial charge in [0.25, 0.3) is 5.91 Å². The minimum atomic E-state index is -0.723. The highest BCUT2D eigenvalue weighted by atomic mass is 16.5. The summed E-state index contributed by atoms with van der Waals surface area (Å²) in [6, 6.07) is 24.7. The fraction of sp³-hybridized carbons (Fsp3) is 0.0909. The topological polar surface area (TPSA) is 79.5 Å². The minimum Gasteiger partial charge on any atom is -0.457 e. The monoisotopic (exact) mass is 375 g/mol. The number of urea groups is 1. The number of anilines is 1. The van der Waals surface area contributed by atoms with E-state index in [1.54, 1.807) is 0 Å². The number of para-hydroxylation sites is 1. The average Bonchev–Trinajstić information content (AvgIpc) is 2.74. The van der Waals surface area contributed by atoms with Gasteiger partial charge in [0.15, 0.2) is 0 Å². The number of rotatable bonds is 6. The molecule has 0 unspecified atom stereocenters. The number of hydrogen-bond donors (Lipinski definition) is 3. The van der Waals surface area contributed by atoms with Crippen LogP contribution >= 0.6 is 0 Å². The zero-order valence-electron chi connectivity index (χ0n) is 15.4. The molecule has 6 heteroatoms. The Kier molecular flexibility index (Phi) is 6.25. The van der Waals surface area contributed by atoms with Crippen molar-refractivity contribution in [3.63, 3.8) is 0 Å². The quantitative estimate of drug-likeness (QED) is 0.606. The zero-order chi connectivity index (χ0) is 19.8. The van der Waals surface area contributed by atoms with Gasteiger partial charge in [-0.15, -0.1) is 0 Å². The van der Waals surface area contributed by atoms with Crippen LogP contribution in [0.3, 0.4) is 0 Å². The molecule has 0 aliphatic carbocycles. The van der Waals surface area contributed by atoms with Gasteiger partial charge in [-0.3, -0.25) is 10.1 Å². The van der Waals surface area contributed by atoms with Crippen LogP contribution in [0.4, 0.5) is 10.5 Å². The molecule has 3 rings (SSSR count). The van der Waals surface area contributed by atoms with Crippen molar-refractivity contribution in [1.82, 2.24) is 10.6 Å². The lowest BCUT2D eigenvalue weighted by Gasteiger charge is -2.19. The molecule has 28 heavy (non-hydrogen) atoms. The van der Waals surface area contributed by atoms with Crippen LogP contribution in [0.15, 0.2) is 84.9 Å². The van der Waals surface area contributed by atoms with Crippen molar-refractivity contribution in [2.75, 3.05) is 12.4 Å². The van der Waals surface area contributed by atoms with Crippen molar-refractivity contribution in [1.29, 1.82) is 0 Å². The van der Waals surface area contributed by atoms with Crippen LogP contribution in [0.1, 0.15) is 11.6 Å². The maximum absolute atomic E-state index is 12.6. The van der Waals surface area contributed by atoms with Crippen LogP contribution in [0.25, 0.3) is 0 Å². The number of carbonyl (C=O) groups is 2. The van der Waals surface area contributed by atoms with Crippen molar-refractivity contribution in [3.05, 3.63) is 90.5 Å². The normalized spacial score (nSPS) is 11.2. The fourth-order valence-corrected chi connectivity index (χ4v) is 2.60. The van der Waals surface area contributed by atoms with E-state index in [9.17, 15) is 9.59 Å². The van der Waals surface area contributed by atoms with Gasteiger partial charge in [-0.05, 0) is 42.0 Å². The highest BCUT2D eigenvalue weighted by Gasteiger charge is 2.22. The van der Waals surface area contributed by atoms with E-state index in [0.717, 1.165) is 17.0 Å². The number of carbonyl (C=O) groups excluding carboxylic acids is 2. The van der Waals surface area contributed by atoms with Gasteiger partial charge in [0.05, 0.1) is 0 Å². The molecule has 0 aliphatic heterocycles. The third kappa shape index (κ3) is 5.11. The van der Waals surface area contributed by atoms with Crippen molar-refractivity contribution >= 4 is 17.6 Å². The molecule has 3 aromatic rings. The third-order valence-electron chi connectivity index (χ3n) is 4.00. The molecular formula is C22H21N3O3. The maximum atomic E-state index is 12.6. The second-order valence-electron chi connectivity index (χ2n) is 6.00. The number of hydrogen-bond acceptors (Lipinski definition) is 4. The first-order valence-electron chi connectivity index (χ1n) is 8.83. The molecule has 142 valence electrons. The Labute approximate surface area is 163 Å². The molecule has 3 amide bonds. The molecule has 0 fully saturated rings. The molecular weight excluding hydrogens is 354 g/mol. The van der Waals surface area contributed by atoms with E-state index in [1.807, 2.05) is 84.9 Å². The Bertz CT molecular complexity index is 913. The second kappa shape index (κ2) is 9.23. The highest BCUT2D eigenvalue weighted by molar-refractivity contribution is 5.98. The van der Waals surface area contributed by atoms with E-state index in [-0.39, 0.29) is 0 Å². The van der Waals surface area contributed by atoms with E-state index in [1.165, 1.54) is 7.05 Å². The van der Waals surface area contributed by atoms with Gasteiger partial charge in [0.2, 0.25) is 0 Å². The molecule has 0 saturated heterocycles. The van der Waals surface area contributed by atoms with E-state index in [0.29, 0.717) is 5.75 Å². The van der Waals surface area contributed by atoms with E-state index in [4.69, 9.17) is 4.74 Å². The predicted molar refractivity (Wildman–Crippen MR) is 108 cm³/mol. The van der Waals surface area contributed by atoms with Gasteiger partial charge in [0.1, 0.15) is 17.5 Å². The van der Waals surface area contributed by atoms with Crippen LogP contribution in [-0.2, 0) is 4.79 Å². The van der Waals surface area contributed by atoms with Gasteiger partial charge < -0.3 is 15.4 Å². The molecule has 0 spiro atoms. The van der Waals surface area contributed by atoms with Crippen molar-refractivity contribution < 1.29 is 14.3 Å². The zero-order valence-corrected chi connectivity index (χ0v) is 15.4. The molecule has 1 atom stereocenters. The molecule has 0 radical (unpaired) electrons. The Morgan fingerprint density at radius 1 is 0.786 bits per heavy atom. The Morgan fingerprint density at radius 3 is 1.96 bits per heavy atom. The Hall–Kier alpha value is -3.80. The predicted octanol–water partition coefficient (Wildman–Crippen LogP) is 4.09. The standard InChI is InChI=1S/C22H21N3O3/c1-23-22(27)25-21(26)20(16-8-4-2-5-9-16)24-17-12-14-19(15-13-17)28-18-10-6-3-7-11-18/h2-15,20,24H,1H3,(H2,23,25,26,27)/t20-/m0/s1. The molecule has 3 aromatic carbocycles. The van der Waals surface area contributed by atoms with Crippen molar-refractivity contribution in [3.8, 4) is 11.5 Å². The van der Waals surface area contributed by atoms with Crippen LogP contribution in [0.5, 0.6) is 11.5 Å². The lowest BCUT2D eigenvalue weighted by Crippen LogP contribution is -2.42. The van der Waals surface area contributed by atoms with Gasteiger partial charge in [-0.2, -0.15) is 0 Å². The van der Waals surface area contributed by atoms with Crippen molar-refractivity contribution in [2.45, 2.75) is 6.04 Å². The summed E-state index contributed by atoms with van der Waals surface area (Å²) < 4.78 is 5.78. The lowest BCUT2D eigenvalue weighted by atomic mass is 10.1. The average molecular weight is 375 g/mol. The van der Waals surface area contributed by atoms with Crippen LogP contribution in [-0.4, -0.2) is 19.0 Å². The summed E-state index contributed by atoms with van der Waals surface area (Å²) in [5.74, 6) is 0.980.